The Morgan fingerprint density at radius 1 is 1.53 bits per heavy atom. The highest BCUT2D eigenvalue weighted by atomic mass is 79.9. The van der Waals surface area contributed by atoms with E-state index in [-0.39, 0.29) is 11.9 Å². The van der Waals surface area contributed by atoms with Crippen molar-refractivity contribution in [2.75, 3.05) is 13.7 Å². The van der Waals surface area contributed by atoms with Gasteiger partial charge < -0.3 is 10.1 Å². The summed E-state index contributed by atoms with van der Waals surface area (Å²) in [7, 11) is 1.66. The van der Waals surface area contributed by atoms with Gasteiger partial charge in [0.15, 0.2) is 0 Å². The summed E-state index contributed by atoms with van der Waals surface area (Å²) in [6.07, 6.45) is 0.142. The lowest BCUT2D eigenvalue weighted by molar-refractivity contribution is 0.117. The van der Waals surface area contributed by atoms with Crippen LogP contribution in [0, 0.1) is 5.82 Å². The maximum atomic E-state index is 13.4. The number of benzene rings is 1. The van der Waals surface area contributed by atoms with Gasteiger partial charge in [-0.15, -0.1) is 0 Å². The fourth-order valence-electron chi connectivity index (χ4n) is 1.16. The second-order valence-corrected chi connectivity index (χ2v) is 4.33. The third-order valence-corrected chi connectivity index (χ3v) is 2.66. The monoisotopic (exact) mass is 275 g/mol. The van der Waals surface area contributed by atoms with Gasteiger partial charge in [0.2, 0.25) is 0 Å². The van der Waals surface area contributed by atoms with Crippen LogP contribution in [-0.4, -0.2) is 19.8 Å². The largest absolute Gasteiger partial charge is 0.380 e. The Bertz CT molecular complexity index is 319. The second kappa shape index (κ2) is 6.20. The molecule has 15 heavy (non-hydrogen) atoms. The molecule has 0 saturated carbocycles. The standard InChI is InChI=1S/C11H15BrFNO/c1-8(15-2)6-14-7-9-3-4-10(12)5-11(9)13/h3-5,8,14H,6-7H2,1-2H3. The van der Waals surface area contributed by atoms with Crippen molar-refractivity contribution in [3.05, 3.63) is 34.1 Å². The van der Waals surface area contributed by atoms with Gasteiger partial charge in [-0.3, -0.25) is 0 Å². The van der Waals surface area contributed by atoms with Crippen molar-refractivity contribution in [3.63, 3.8) is 0 Å². The van der Waals surface area contributed by atoms with Crippen LogP contribution in [0.25, 0.3) is 0 Å². The topological polar surface area (TPSA) is 21.3 Å². The summed E-state index contributed by atoms with van der Waals surface area (Å²) in [5, 5.41) is 3.13. The van der Waals surface area contributed by atoms with Crippen LogP contribution in [-0.2, 0) is 11.3 Å². The third kappa shape index (κ3) is 4.28. The van der Waals surface area contributed by atoms with Crippen molar-refractivity contribution in [1.29, 1.82) is 0 Å². The van der Waals surface area contributed by atoms with Gasteiger partial charge in [-0.1, -0.05) is 22.0 Å². The zero-order valence-corrected chi connectivity index (χ0v) is 10.5. The molecule has 0 fully saturated rings. The predicted octanol–water partition coefficient (Wildman–Crippen LogP) is 2.71. The highest BCUT2D eigenvalue weighted by Gasteiger charge is 2.03. The lowest BCUT2D eigenvalue weighted by Gasteiger charge is -2.11. The summed E-state index contributed by atoms with van der Waals surface area (Å²) in [4.78, 5) is 0. The van der Waals surface area contributed by atoms with E-state index >= 15 is 0 Å². The molecule has 4 heteroatoms. The van der Waals surface area contributed by atoms with Crippen molar-refractivity contribution >= 4 is 15.9 Å². The molecule has 0 aliphatic heterocycles. The van der Waals surface area contributed by atoms with Gasteiger partial charge >= 0.3 is 0 Å². The average Bonchev–Trinajstić information content (AvgIpc) is 2.21. The van der Waals surface area contributed by atoms with E-state index in [0.717, 1.165) is 4.47 Å². The van der Waals surface area contributed by atoms with E-state index in [2.05, 4.69) is 21.2 Å². The lowest BCUT2D eigenvalue weighted by atomic mass is 10.2. The Kier molecular flexibility index (Phi) is 5.22. The van der Waals surface area contributed by atoms with Crippen LogP contribution < -0.4 is 5.32 Å². The van der Waals surface area contributed by atoms with E-state index in [9.17, 15) is 4.39 Å². The molecule has 1 aromatic rings. The molecule has 0 aliphatic carbocycles. The van der Waals surface area contributed by atoms with Crippen molar-refractivity contribution in [2.24, 2.45) is 0 Å². The molecule has 0 spiro atoms. The highest BCUT2D eigenvalue weighted by molar-refractivity contribution is 9.10. The Morgan fingerprint density at radius 2 is 2.27 bits per heavy atom. The van der Waals surface area contributed by atoms with Gasteiger partial charge in [0.25, 0.3) is 0 Å². The first-order valence-corrected chi connectivity index (χ1v) is 5.60. The van der Waals surface area contributed by atoms with Gasteiger partial charge in [-0.25, -0.2) is 4.39 Å². The first kappa shape index (κ1) is 12.6. The van der Waals surface area contributed by atoms with Crippen LogP contribution in [0.3, 0.4) is 0 Å². The molecule has 0 aromatic heterocycles. The minimum Gasteiger partial charge on any atom is -0.380 e. The molecule has 1 N–H and O–H groups in total. The van der Waals surface area contributed by atoms with E-state index in [1.54, 1.807) is 13.2 Å². The molecule has 0 saturated heterocycles. The first-order valence-electron chi connectivity index (χ1n) is 4.81. The summed E-state index contributed by atoms with van der Waals surface area (Å²) in [6.45, 7) is 3.20. The number of hydrogen-bond donors (Lipinski definition) is 1. The Labute approximate surface area is 98.0 Å². The number of methoxy groups -OCH3 is 1. The number of halogens is 2. The van der Waals surface area contributed by atoms with Gasteiger partial charge in [0.05, 0.1) is 6.10 Å². The Hall–Kier alpha value is -0.450. The van der Waals surface area contributed by atoms with Crippen LogP contribution in [0.15, 0.2) is 22.7 Å². The Balaban J connectivity index is 2.44. The smallest absolute Gasteiger partial charge is 0.128 e. The summed E-state index contributed by atoms with van der Waals surface area (Å²) in [5.41, 5.74) is 0.668. The van der Waals surface area contributed by atoms with Crippen LogP contribution >= 0.6 is 15.9 Å². The molecule has 1 aromatic carbocycles. The van der Waals surface area contributed by atoms with Crippen molar-refractivity contribution < 1.29 is 9.13 Å². The van der Waals surface area contributed by atoms with Crippen LogP contribution in [0.4, 0.5) is 4.39 Å². The lowest BCUT2D eigenvalue weighted by Crippen LogP contribution is -2.25. The van der Waals surface area contributed by atoms with Crippen molar-refractivity contribution in [3.8, 4) is 0 Å². The molecule has 0 amide bonds. The normalized spacial score (nSPS) is 12.8. The minimum atomic E-state index is -0.193. The molecule has 1 unspecified atom stereocenters. The quantitative estimate of drug-likeness (QED) is 0.892. The zero-order valence-electron chi connectivity index (χ0n) is 8.89. The second-order valence-electron chi connectivity index (χ2n) is 3.41. The van der Waals surface area contributed by atoms with Crippen LogP contribution in [0.5, 0.6) is 0 Å². The van der Waals surface area contributed by atoms with Gasteiger partial charge in [-0.2, -0.15) is 0 Å². The molecule has 1 atom stereocenters. The summed E-state index contributed by atoms with van der Waals surface area (Å²) in [5.74, 6) is -0.193. The van der Waals surface area contributed by atoms with Crippen molar-refractivity contribution in [1.82, 2.24) is 5.32 Å². The first-order chi connectivity index (χ1) is 7.13. The van der Waals surface area contributed by atoms with Gasteiger partial charge in [0, 0.05) is 30.2 Å². The van der Waals surface area contributed by atoms with Crippen molar-refractivity contribution in [2.45, 2.75) is 19.6 Å². The summed E-state index contributed by atoms with van der Waals surface area (Å²) < 4.78 is 19.2. The minimum absolute atomic E-state index is 0.142. The van der Waals surface area contributed by atoms with E-state index in [0.29, 0.717) is 18.7 Å². The number of ether oxygens (including phenoxy) is 1. The predicted molar refractivity (Wildman–Crippen MR) is 62.3 cm³/mol. The number of hydrogen-bond acceptors (Lipinski definition) is 2. The molecule has 0 bridgehead atoms. The zero-order chi connectivity index (χ0) is 11.3. The molecule has 84 valence electrons. The molecule has 0 radical (unpaired) electrons. The maximum Gasteiger partial charge on any atom is 0.128 e. The van der Waals surface area contributed by atoms with Crippen LogP contribution in [0.2, 0.25) is 0 Å². The fraction of sp³-hybridized carbons (Fsp3) is 0.455. The van der Waals surface area contributed by atoms with E-state index < -0.39 is 0 Å². The molecular formula is C11H15BrFNO. The highest BCUT2D eigenvalue weighted by Crippen LogP contribution is 2.14. The Morgan fingerprint density at radius 3 is 2.87 bits per heavy atom. The van der Waals surface area contributed by atoms with E-state index in [1.807, 2.05) is 13.0 Å². The average molecular weight is 276 g/mol. The summed E-state index contributed by atoms with van der Waals surface area (Å²) in [6, 6.07) is 5.07. The molecule has 1 rings (SSSR count). The molecule has 0 heterocycles. The van der Waals surface area contributed by atoms with Gasteiger partial charge in [0.1, 0.15) is 5.82 Å². The molecular weight excluding hydrogens is 261 g/mol. The van der Waals surface area contributed by atoms with E-state index in [4.69, 9.17) is 4.74 Å². The third-order valence-electron chi connectivity index (χ3n) is 2.16. The maximum absolute atomic E-state index is 13.4. The summed E-state index contributed by atoms with van der Waals surface area (Å²) >= 11 is 3.22. The molecule has 0 aliphatic rings. The number of nitrogens with one attached hydrogen (secondary N) is 1. The van der Waals surface area contributed by atoms with Crippen LogP contribution in [0.1, 0.15) is 12.5 Å². The number of rotatable bonds is 5. The molecule has 2 nitrogen and oxygen atoms in total. The SMILES string of the molecule is COC(C)CNCc1ccc(Br)cc1F. The van der Waals surface area contributed by atoms with E-state index in [1.165, 1.54) is 6.07 Å². The fourth-order valence-corrected chi connectivity index (χ4v) is 1.49. The van der Waals surface area contributed by atoms with Gasteiger partial charge in [-0.05, 0) is 19.1 Å².